The fourth-order valence-electron chi connectivity index (χ4n) is 1.94. The highest BCUT2D eigenvalue weighted by Crippen LogP contribution is 2.27. The van der Waals surface area contributed by atoms with Gasteiger partial charge in [-0.15, -0.1) is 0 Å². The number of non-ortho nitro benzene ring substituents is 1. The first kappa shape index (κ1) is 17.0. The molecule has 0 aliphatic rings. The molecule has 0 aliphatic carbocycles. The van der Waals surface area contributed by atoms with E-state index in [0.29, 0.717) is 0 Å². The van der Waals surface area contributed by atoms with Gasteiger partial charge in [0.15, 0.2) is 0 Å². The topological polar surface area (TPSA) is 86.5 Å². The monoisotopic (exact) mass is 335 g/mol. The third kappa shape index (κ3) is 4.07. The molecule has 2 aromatic carbocycles. The van der Waals surface area contributed by atoms with E-state index in [4.69, 9.17) is 4.18 Å². The van der Waals surface area contributed by atoms with Crippen LogP contribution in [0.15, 0.2) is 53.4 Å². The minimum atomic E-state index is -4.14. The molecule has 2 aromatic rings. The summed E-state index contributed by atoms with van der Waals surface area (Å²) in [5.74, 6) is 0.170. The fourth-order valence-corrected chi connectivity index (χ4v) is 2.91. The minimum Gasteiger partial charge on any atom is -0.379 e. The summed E-state index contributed by atoms with van der Waals surface area (Å²) < 4.78 is 29.7. The van der Waals surface area contributed by atoms with Crippen molar-refractivity contribution in [3.05, 3.63) is 64.2 Å². The molecule has 0 saturated heterocycles. The Kier molecular flexibility index (Phi) is 4.42. The Morgan fingerprint density at radius 2 is 1.70 bits per heavy atom. The maximum absolute atomic E-state index is 12.3. The van der Waals surface area contributed by atoms with E-state index in [1.165, 1.54) is 24.3 Å². The Balaban J connectivity index is 2.35. The summed E-state index contributed by atoms with van der Waals surface area (Å²) in [6.45, 7) is 6.00. The Morgan fingerprint density at radius 3 is 2.30 bits per heavy atom. The van der Waals surface area contributed by atoms with E-state index in [9.17, 15) is 18.5 Å². The molecular formula is C16H17NO5S. The molecule has 0 spiro atoms. The first-order valence-corrected chi connectivity index (χ1v) is 8.30. The molecule has 0 atom stereocenters. The second-order valence-corrected chi connectivity index (χ2v) is 7.62. The molecule has 23 heavy (non-hydrogen) atoms. The molecule has 0 saturated carbocycles. The van der Waals surface area contributed by atoms with Crippen LogP contribution < -0.4 is 4.18 Å². The van der Waals surface area contributed by atoms with Crippen molar-refractivity contribution < 1.29 is 17.5 Å². The van der Waals surface area contributed by atoms with Gasteiger partial charge in [-0.1, -0.05) is 39.0 Å². The summed E-state index contributed by atoms with van der Waals surface area (Å²) in [7, 11) is -4.14. The fraction of sp³-hybridized carbons (Fsp3) is 0.250. The van der Waals surface area contributed by atoms with Crippen LogP contribution in [0.5, 0.6) is 5.75 Å². The minimum absolute atomic E-state index is 0.158. The van der Waals surface area contributed by atoms with E-state index < -0.39 is 15.0 Å². The molecule has 0 fully saturated rings. The molecule has 7 heteroatoms. The van der Waals surface area contributed by atoms with Crippen molar-refractivity contribution in [3.8, 4) is 5.75 Å². The van der Waals surface area contributed by atoms with E-state index in [1.807, 2.05) is 26.8 Å². The van der Waals surface area contributed by atoms with Crippen molar-refractivity contribution >= 4 is 15.8 Å². The number of hydrogen-bond acceptors (Lipinski definition) is 5. The van der Waals surface area contributed by atoms with Crippen LogP contribution in [0.1, 0.15) is 26.3 Å². The number of nitro benzene ring substituents is 1. The van der Waals surface area contributed by atoms with Crippen LogP contribution in [0.2, 0.25) is 0 Å². The Hall–Kier alpha value is -2.41. The Morgan fingerprint density at radius 1 is 1.04 bits per heavy atom. The van der Waals surface area contributed by atoms with Crippen LogP contribution in [0.3, 0.4) is 0 Å². The second kappa shape index (κ2) is 6.00. The van der Waals surface area contributed by atoms with Gasteiger partial charge in [-0.2, -0.15) is 8.42 Å². The molecular weight excluding hydrogens is 318 g/mol. The largest absolute Gasteiger partial charge is 0.379 e. The second-order valence-electron chi connectivity index (χ2n) is 6.07. The van der Waals surface area contributed by atoms with Crippen molar-refractivity contribution in [2.75, 3.05) is 0 Å². The zero-order chi connectivity index (χ0) is 17.3. The molecule has 0 radical (unpaired) electrons. The van der Waals surface area contributed by atoms with Crippen LogP contribution in [-0.2, 0) is 15.5 Å². The van der Waals surface area contributed by atoms with E-state index in [2.05, 4.69) is 0 Å². The normalized spacial score (nSPS) is 12.0. The van der Waals surface area contributed by atoms with Gasteiger partial charge in [0.05, 0.1) is 4.92 Å². The highest BCUT2D eigenvalue weighted by molar-refractivity contribution is 7.87. The van der Waals surface area contributed by atoms with Crippen molar-refractivity contribution in [1.29, 1.82) is 0 Å². The average Bonchev–Trinajstić information content (AvgIpc) is 2.46. The van der Waals surface area contributed by atoms with Crippen molar-refractivity contribution in [1.82, 2.24) is 0 Å². The summed E-state index contributed by atoms with van der Waals surface area (Å²) in [5.41, 5.74) is 0.455. The SMILES string of the molecule is CC(C)(C)c1cccc(OS(=O)(=O)c2cccc([N+](=O)[O-])c2)c1. The molecule has 0 aliphatic heterocycles. The van der Waals surface area contributed by atoms with Crippen LogP contribution in [-0.4, -0.2) is 13.3 Å². The summed E-state index contributed by atoms with van der Waals surface area (Å²) in [4.78, 5) is 9.85. The summed E-state index contributed by atoms with van der Waals surface area (Å²) in [5, 5.41) is 10.8. The van der Waals surface area contributed by atoms with Gasteiger partial charge in [-0.05, 0) is 29.2 Å². The predicted octanol–water partition coefficient (Wildman–Crippen LogP) is 3.66. The van der Waals surface area contributed by atoms with Crippen LogP contribution in [0.25, 0.3) is 0 Å². The summed E-state index contributed by atoms with van der Waals surface area (Å²) in [6.07, 6.45) is 0. The summed E-state index contributed by atoms with van der Waals surface area (Å²) in [6, 6.07) is 11.5. The Labute approximate surface area is 135 Å². The average molecular weight is 335 g/mol. The Bertz CT molecular complexity index is 838. The lowest BCUT2D eigenvalue weighted by Crippen LogP contribution is -2.13. The first-order chi connectivity index (χ1) is 10.6. The molecule has 2 rings (SSSR count). The zero-order valence-corrected chi connectivity index (χ0v) is 13.8. The van der Waals surface area contributed by atoms with Crippen LogP contribution in [0.4, 0.5) is 5.69 Å². The highest BCUT2D eigenvalue weighted by Gasteiger charge is 2.21. The van der Waals surface area contributed by atoms with Crippen molar-refractivity contribution in [2.45, 2.75) is 31.1 Å². The van der Waals surface area contributed by atoms with Crippen LogP contribution in [0, 0.1) is 10.1 Å². The molecule has 0 bridgehead atoms. The number of nitrogens with zero attached hydrogens (tertiary/aromatic N) is 1. The van der Waals surface area contributed by atoms with E-state index in [-0.39, 0.29) is 21.7 Å². The quantitative estimate of drug-likeness (QED) is 0.483. The van der Waals surface area contributed by atoms with Crippen molar-refractivity contribution in [2.24, 2.45) is 0 Å². The molecule has 0 N–H and O–H groups in total. The van der Waals surface area contributed by atoms with Gasteiger partial charge < -0.3 is 4.18 Å². The molecule has 0 unspecified atom stereocenters. The van der Waals surface area contributed by atoms with Gasteiger partial charge in [0.1, 0.15) is 10.6 Å². The smallest absolute Gasteiger partial charge is 0.339 e. The lowest BCUT2D eigenvalue weighted by atomic mass is 9.87. The van der Waals surface area contributed by atoms with Gasteiger partial charge in [-0.3, -0.25) is 10.1 Å². The number of hydrogen-bond donors (Lipinski definition) is 0. The summed E-state index contributed by atoms with van der Waals surface area (Å²) >= 11 is 0. The lowest BCUT2D eigenvalue weighted by molar-refractivity contribution is -0.385. The maximum atomic E-state index is 12.3. The molecule has 122 valence electrons. The standard InChI is InChI=1S/C16H17NO5S/c1-16(2,3)12-6-4-8-14(10-12)22-23(20,21)15-9-5-7-13(11-15)17(18)19/h4-11H,1-3H3. The number of rotatable bonds is 4. The van der Waals surface area contributed by atoms with Gasteiger partial charge in [0, 0.05) is 12.1 Å². The van der Waals surface area contributed by atoms with E-state index >= 15 is 0 Å². The first-order valence-electron chi connectivity index (χ1n) is 6.89. The van der Waals surface area contributed by atoms with Gasteiger partial charge in [0.2, 0.25) is 0 Å². The molecule has 0 heterocycles. The van der Waals surface area contributed by atoms with E-state index in [0.717, 1.165) is 11.6 Å². The number of benzene rings is 2. The third-order valence-electron chi connectivity index (χ3n) is 3.22. The predicted molar refractivity (Wildman–Crippen MR) is 86.1 cm³/mol. The lowest BCUT2D eigenvalue weighted by Gasteiger charge is -2.19. The molecule has 6 nitrogen and oxygen atoms in total. The van der Waals surface area contributed by atoms with Crippen LogP contribution >= 0.6 is 0 Å². The van der Waals surface area contributed by atoms with Gasteiger partial charge in [0.25, 0.3) is 5.69 Å². The highest BCUT2D eigenvalue weighted by atomic mass is 32.2. The van der Waals surface area contributed by atoms with Crippen molar-refractivity contribution in [3.63, 3.8) is 0 Å². The molecule has 0 amide bonds. The zero-order valence-electron chi connectivity index (χ0n) is 13.0. The van der Waals surface area contributed by atoms with Gasteiger partial charge in [-0.25, -0.2) is 0 Å². The van der Waals surface area contributed by atoms with E-state index in [1.54, 1.807) is 12.1 Å². The third-order valence-corrected chi connectivity index (χ3v) is 4.47. The van der Waals surface area contributed by atoms with Gasteiger partial charge >= 0.3 is 10.1 Å². The number of nitro groups is 1. The maximum Gasteiger partial charge on any atom is 0.339 e. The molecule has 0 aromatic heterocycles.